The van der Waals surface area contributed by atoms with Gasteiger partial charge < -0.3 is 43.1 Å². The third-order valence-electron chi connectivity index (χ3n) is 3.09. The number of ether oxygens (including phenoxy) is 3. The van der Waals surface area contributed by atoms with Crippen LogP contribution in [0.5, 0.6) is 0 Å². The molecule has 28 heavy (non-hydrogen) atoms. The van der Waals surface area contributed by atoms with Crippen LogP contribution in [0.4, 0.5) is 0 Å². The van der Waals surface area contributed by atoms with Gasteiger partial charge in [-0.3, -0.25) is 0 Å². The Morgan fingerprint density at radius 1 is 0.643 bits per heavy atom. The zero-order valence-corrected chi connectivity index (χ0v) is 18.8. The van der Waals surface area contributed by atoms with Crippen LogP contribution in [0.3, 0.4) is 0 Å². The Hall–Kier alpha value is 0.0700. The predicted octanol–water partition coefficient (Wildman–Crippen LogP) is 1.62. The van der Waals surface area contributed by atoms with Crippen LogP contribution in [0.2, 0.25) is 0 Å². The van der Waals surface area contributed by atoms with Crippen molar-refractivity contribution >= 4 is 8.60 Å². The Labute approximate surface area is 170 Å². The third kappa shape index (κ3) is 17.0. The van der Waals surface area contributed by atoms with Crippen molar-refractivity contribution in [1.29, 1.82) is 0 Å². The van der Waals surface area contributed by atoms with Gasteiger partial charge >= 0.3 is 8.60 Å². The predicted molar refractivity (Wildman–Crippen MR) is 106 cm³/mol. The average Bonchev–Trinajstić information content (AvgIpc) is 2.58. The summed E-state index contributed by atoms with van der Waals surface area (Å²) in [6.07, 6.45) is -2.22. The molecule has 0 aliphatic rings. The van der Waals surface area contributed by atoms with Crippen molar-refractivity contribution in [3.05, 3.63) is 0 Å². The summed E-state index contributed by atoms with van der Waals surface area (Å²) < 4.78 is 33.7. The van der Waals surface area contributed by atoms with Crippen molar-refractivity contribution in [2.75, 3.05) is 39.6 Å². The molecular weight excluding hydrogens is 391 g/mol. The van der Waals surface area contributed by atoms with E-state index in [1.54, 1.807) is 20.8 Å². The van der Waals surface area contributed by atoms with E-state index in [0.717, 1.165) is 0 Å². The fraction of sp³-hybridized carbons (Fsp3) is 1.00. The summed E-state index contributed by atoms with van der Waals surface area (Å²) in [4.78, 5) is 0. The first-order valence-corrected chi connectivity index (χ1v) is 10.8. The molecule has 0 saturated carbocycles. The van der Waals surface area contributed by atoms with Crippen LogP contribution in [-0.4, -0.2) is 91.6 Å². The van der Waals surface area contributed by atoms with Gasteiger partial charge in [-0.25, -0.2) is 0 Å². The lowest BCUT2D eigenvalue weighted by atomic mass is 10.4. The van der Waals surface area contributed by atoms with Crippen LogP contribution in [0.15, 0.2) is 0 Å². The lowest BCUT2D eigenvalue weighted by molar-refractivity contribution is -0.0485. The highest BCUT2D eigenvalue weighted by Crippen LogP contribution is 2.42. The van der Waals surface area contributed by atoms with Crippen molar-refractivity contribution in [2.45, 2.75) is 78.2 Å². The summed E-state index contributed by atoms with van der Waals surface area (Å²) in [5, 5.41) is 27.6. The number of hydrogen-bond donors (Lipinski definition) is 3. The molecule has 0 saturated heterocycles. The van der Waals surface area contributed by atoms with Gasteiger partial charge in [0.05, 0.1) is 76.3 Å². The SMILES string of the molecule is CC(O)COCC(C)OP(OCC(C)OC(C)CO)OC(C)COCC(C)O. The highest BCUT2D eigenvalue weighted by atomic mass is 31.2. The van der Waals surface area contributed by atoms with E-state index in [9.17, 15) is 10.2 Å². The van der Waals surface area contributed by atoms with Crippen LogP contribution >= 0.6 is 8.60 Å². The molecule has 0 radical (unpaired) electrons. The van der Waals surface area contributed by atoms with Crippen LogP contribution in [0.1, 0.15) is 41.5 Å². The summed E-state index contributed by atoms with van der Waals surface area (Å²) in [5.74, 6) is 0. The van der Waals surface area contributed by atoms with Crippen LogP contribution in [0, 0.1) is 0 Å². The number of rotatable bonds is 18. The van der Waals surface area contributed by atoms with Gasteiger partial charge in [0.2, 0.25) is 0 Å². The first-order valence-electron chi connectivity index (χ1n) is 9.68. The maximum absolute atomic E-state index is 9.25. The van der Waals surface area contributed by atoms with Gasteiger partial charge in [0, 0.05) is 0 Å². The minimum Gasteiger partial charge on any atom is -0.394 e. The molecule has 0 heterocycles. The molecule has 0 aromatic heterocycles. The van der Waals surface area contributed by atoms with Crippen molar-refractivity contribution in [2.24, 2.45) is 0 Å². The second-order valence-corrected chi connectivity index (χ2v) is 8.19. The van der Waals surface area contributed by atoms with E-state index in [1.807, 2.05) is 20.8 Å². The van der Waals surface area contributed by atoms with Gasteiger partial charge in [-0.2, -0.15) is 0 Å². The monoisotopic (exact) mass is 430 g/mol. The second kappa shape index (κ2) is 16.8. The van der Waals surface area contributed by atoms with Crippen LogP contribution in [0.25, 0.3) is 0 Å². The molecular formula is C18H39O9P. The normalized spacial score (nSPS) is 19.6. The molecule has 10 heteroatoms. The van der Waals surface area contributed by atoms with Gasteiger partial charge in [-0.1, -0.05) is 0 Å². The Balaban J connectivity index is 4.50. The lowest BCUT2D eigenvalue weighted by Gasteiger charge is -2.25. The molecule has 3 N–H and O–H groups in total. The maximum Gasteiger partial charge on any atom is 0.333 e. The minimum atomic E-state index is -1.69. The van der Waals surface area contributed by atoms with Gasteiger partial charge in [-0.15, -0.1) is 0 Å². The van der Waals surface area contributed by atoms with E-state index in [2.05, 4.69) is 0 Å². The summed E-state index contributed by atoms with van der Waals surface area (Å²) in [6, 6.07) is 0. The van der Waals surface area contributed by atoms with Gasteiger partial charge in [0.25, 0.3) is 0 Å². The average molecular weight is 430 g/mol. The molecule has 6 atom stereocenters. The topological polar surface area (TPSA) is 116 Å². The summed E-state index contributed by atoms with van der Waals surface area (Å²) in [7, 11) is -1.69. The highest BCUT2D eigenvalue weighted by Gasteiger charge is 2.22. The maximum atomic E-state index is 9.25. The molecule has 0 amide bonds. The standard InChI is InChI=1S/C18H39O9P/c1-13(20)8-22-10-17(5)26-28(24-12-16(4)25-15(3)7-19)27-18(6)11-23-9-14(2)21/h13-21H,7-12H2,1-6H3. The molecule has 0 bridgehead atoms. The molecule has 9 nitrogen and oxygen atoms in total. The first kappa shape index (κ1) is 28.1. The van der Waals surface area contributed by atoms with Crippen molar-refractivity contribution in [1.82, 2.24) is 0 Å². The van der Waals surface area contributed by atoms with E-state index in [0.29, 0.717) is 0 Å². The van der Waals surface area contributed by atoms with Gasteiger partial charge in [0.1, 0.15) is 0 Å². The molecule has 0 aromatic rings. The smallest absolute Gasteiger partial charge is 0.333 e. The summed E-state index contributed by atoms with van der Waals surface area (Å²) in [5.41, 5.74) is 0. The molecule has 0 aliphatic carbocycles. The molecule has 0 aromatic carbocycles. The Bertz CT molecular complexity index is 338. The van der Waals surface area contributed by atoms with Crippen LogP contribution < -0.4 is 0 Å². The highest BCUT2D eigenvalue weighted by molar-refractivity contribution is 7.41. The fourth-order valence-electron chi connectivity index (χ4n) is 1.89. The molecule has 6 unspecified atom stereocenters. The number of hydrogen-bond acceptors (Lipinski definition) is 9. The number of aliphatic hydroxyl groups excluding tert-OH is 3. The van der Waals surface area contributed by atoms with E-state index in [4.69, 9.17) is 32.9 Å². The Morgan fingerprint density at radius 2 is 1.11 bits per heavy atom. The zero-order valence-electron chi connectivity index (χ0n) is 17.9. The van der Waals surface area contributed by atoms with Crippen molar-refractivity contribution in [3.8, 4) is 0 Å². The quantitative estimate of drug-likeness (QED) is 0.279. The van der Waals surface area contributed by atoms with Crippen molar-refractivity contribution in [3.63, 3.8) is 0 Å². The van der Waals surface area contributed by atoms with E-state index in [-0.39, 0.29) is 64.1 Å². The van der Waals surface area contributed by atoms with Gasteiger partial charge in [0.15, 0.2) is 0 Å². The van der Waals surface area contributed by atoms with Gasteiger partial charge in [-0.05, 0) is 41.5 Å². The van der Waals surface area contributed by atoms with Crippen molar-refractivity contribution < 1.29 is 43.1 Å². The zero-order chi connectivity index (χ0) is 21.5. The number of aliphatic hydroxyl groups is 3. The lowest BCUT2D eigenvalue weighted by Crippen LogP contribution is -2.25. The first-order chi connectivity index (χ1) is 13.1. The molecule has 0 aliphatic heterocycles. The summed E-state index contributed by atoms with van der Waals surface area (Å²) >= 11 is 0. The largest absolute Gasteiger partial charge is 0.394 e. The third-order valence-corrected chi connectivity index (χ3v) is 4.52. The molecule has 0 spiro atoms. The minimum absolute atomic E-state index is 0.0680. The van der Waals surface area contributed by atoms with E-state index < -0.39 is 20.8 Å². The Morgan fingerprint density at radius 3 is 1.50 bits per heavy atom. The second-order valence-electron chi connectivity index (χ2n) is 7.06. The molecule has 170 valence electrons. The summed E-state index contributed by atoms with van der Waals surface area (Å²) in [6.45, 7) is 11.7. The fourth-order valence-corrected chi connectivity index (χ4v) is 3.11. The molecule has 0 fully saturated rings. The van der Waals surface area contributed by atoms with E-state index in [1.165, 1.54) is 0 Å². The van der Waals surface area contributed by atoms with E-state index >= 15 is 0 Å². The van der Waals surface area contributed by atoms with Crippen LogP contribution in [-0.2, 0) is 27.8 Å². The molecule has 0 rings (SSSR count). The Kier molecular flexibility index (Phi) is 16.9.